The first-order valence-electron chi connectivity index (χ1n) is 8.85. The maximum atomic E-state index is 5.33. The number of methoxy groups -OCH3 is 2. The molecule has 140 valence electrons. The van der Waals surface area contributed by atoms with Crippen molar-refractivity contribution >= 4 is 6.21 Å². The molecule has 1 heterocycles. The Hall–Kier alpha value is -3.21. The Morgan fingerprint density at radius 1 is 0.963 bits per heavy atom. The van der Waals surface area contributed by atoms with Crippen LogP contribution in [0.1, 0.15) is 22.5 Å². The number of para-hydroxylation sites is 1. The van der Waals surface area contributed by atoms with Gasteiger partial charge in [0.1, 0.15) is 0 Å². The maximum Gasteiger partial charge on any atom is 0.161 e. The summed E-state index contributed by atoms with van der Waals surface area (Å²) in [4.78, 5) is 0. The topological polar surface area (TPSA) is 47.8 Å². The van der Waals surface area contributed by atoms with Gasteiger partial charge in [0.15, 0.2) is 11.5 Å². The van der Waals surface area contributed by atoms with E-state index in [1.807, 2.05) is 42.6 Å². The average Bonchev–Trinajstić information content (AvgIpc) is 2.99. The third-order valence-electron chi connectivity index (χ3n) is 4.51. The number of hydrogen-bond donors (Lipinski definition) is 1. The fourth-order valence-corrected chi connectivity index (χ4v) is 3.14. The van der Waals surface area contributed by atoms with E-state index in [-0.39, 0.29) is 0 Å². The predicted molar refractivity (Wildman–Crippen MR) is 109 cm³/mol. The summed E-state index contributed by atoms with van der Waals surface area (Å²) in [7, 11) is 3.27. The fraction of sp³-hybridized carbons (Fsp3) is 0.227. The minimum atomic E-state index is 0.605. The zero-order valence-corrected chi connectivity index (χ0v) is 16.2. The van der Waals surface area contributed by atoms with Crippen molar-refractivity contribution in [2.75, 3.05) is 14.2 Å². The van der Waals surface area contributed by atoms with Crippen LogP contribution >= 0.6 is 0 Å². The largest absolute Gasteiger partial charge is 0.493 e. The molecule has 27 heavy (non-hydrogen) atoms. The summed E-state index contributed by atoms with van der Waals surface area (Å²) in [6, 6.07) is 18.3. The van der Waals surface area contributed by atoms with Gasteiger partial charge in [-0.25, -0.2) is 0 Å². The summed E-state index contributed by atoms with van der Waals surface area (Å²) >= 11 is 0. The van der Waals surface area contributed by atoms with Crippen LogP contribution in [0.2, 0.25) is 0 Å². The van der Waals surface area contributed by atoms with Crippen molar-refractivity contribution in [2.24, 2.45) is 5.10 Å². The average molecular weight is 363 g/mol. The Labute approximate surface area is 160 Å². The molecule has 0 aliphatic rings. The molecule has 0 aliphatic carbocycles. The molecule has 0 bridgehead atoms. The monoisotopic (exact) mass is 363 g/mol. The van der Waals surface area contributed by atoms with Crippen LogP contribution < -0.4 is 14.9 Å². The molecule has 3 aromatic rings. The van der Waals surface area contributed by atoms with Crippen LogP contribution in [0.4, 0.5) is 0 Å². The third kappa shape index (κ3) is 4.14. The number of hydrogen-bond acceptors (Lipinski definition) is 4. The van der Waals surface area contributed by atoms with Gasteiger partial charge in [-0.3, -0.25) is 0 Å². The molecule has 2 aromatic carbocycles. The van der Waals surface area contributed by atoms with E-state index in [1.165, 1.54) is 5.69 Å². The summed E-state index contributed by atoms with van der Waals surface area (Å²) < 4.78 is 12.8. The molecule has 5 nitrogen and oxygen atoms in total. The van der Waals surface area contributed by atoms with Crippen LogP contribution in [0.5, 0.6) is 11.5 Å². The normalized spacial score (nSPS) is 11.0. The molecule has 3 rings (SSSR count). The third-order valence-corrected chi connectivity index (χ3v) is 4.51. The van der Waals surface area contributed by atoms with Gasteiger partial charge in [0.05, 0.1) is 27.0 Å². The van der Waals surface area contributed by atoms with Gasteiger partial charge in [0.2, 0.25) is 0 Å². The molecule has 5 heteroatoms. The van der Waals surface area contributed by atoms with E-state index in [4.69, 9.17) is 9.47 Å². The molecule has 0 radical (unpaired) electrons. The smallest absolute Gasteiger partial charge is 0.161 e. The number of nitrogens with one attached hydrogen (secondary N) is 1. The second-order valence-electron chi connectivity index (χ2n) is 6.28. The van der Waals surface area contributed by atoms with Gasteiger partial charge in [-0.1, -0.05) is 24.3 Å². The van der Waals surface area contributed by atoms with E-state index >= 15 is 0 Å². The van der Waals surface area contributed by atoms with Crippen molar-refractivity contribution < 1.29 is 9.47 Å². The molecule has 0 atom stereocenters. The molecular weight excluding hydrogens is 338 g/mol. The molecule has 0 aliphatic heterocycles. The second-order valence-corrected chi connectivity index (χ2v) is 6.28. The molecule has 1 N–H and O–H groups in total. The van der Waals surface area contributed by atoms with E-state index in [9.17, 15) is 0 Å². The van der Waals surface area contributed by atoms with Crippen molar-refractivity contribution in [3.63, 3.8) is 0 Å². The quantitative estimate of drug-likeness (QED) is 0.505. The number of rotatable bonds is 7. The van der Waals surface area contributed by atoms with Gasteiger partial charge in [0.25, 0.3) is 0 Å². The highest BCUT2D eigenvalue weighted by Gasteiger charge is 2.09. The van der Waals surface area contributed by atoms with E-state index in [0.717, 1.165) is 28.3 Å². The van der Waals surface area contributed by atoms with E-state index in [1.54, 1.807) is 14.2 Å². The number of aryl methyl sites for hydroxylation is 1. The Morgan fingerprint density at radius 3 is 2.41 bits per heavy atom. The Balaban J connectivity index is 1.69. The molecule has 1 aromatic heterocycles. The first kappa shape index (κ1) is 18.6. The Bertz CT molecular complexity index is 930. The van der Waals surface area contributed by atoms with E-state index < -0.39 is 0 Å². The van der Waals surface area contributed by atoms with Gasteiger partial charge in [-0.2, -0.15) is 5.10 Å². The van der Waals surface area contributed by atoms with Gasteiger partial charge in [-0.15, -0.1) is 0 Å². The first-order chi connectivity index (χ1) is 13.1. The molecule has 0 unspecified atom stereocenters. The molecular formula is C22H25N3O2. The fourth-order valence-electron chi connectivity index (χ4n) is 3.14. The summed E-state index contributed by atoms with van der Waals surface area (Å²) in [5.41, 5.74) is 8.76. The van der Waals surface area contributed by atoms with Crippen LogP contribution in [-0.2, 0) is 6.54 Å². The second kappa shape index (κ2) is 8.45. The van der Waals surface area contributed by atoms with Crippen molar-refractivity contribution in [1.29, 1.82) is 0 Å². The SMILES string of the molecule is COc1ccc(CN/N=C\c2cc(C)n(-c3ccccc3)c2C)cc1OC. The highest BCUT2D eigenvalue weighted by molar-refractivity contribution is 5.82. The summed E-state index contributed by atoms with van der Waals surface area (Å²) in [6.45, 7) is 4.82. The first-order valence-corrected chi connectivity index (χ1v) is 8.85. The van der Waals surface area contributed by atoms with E-state index in [2.05, 4.69) is 47.1 Å². The van der Waals surface area contributed by atoms with Gasteiger partial charge >= 0.3 is 0 Å². The van der Waals surface area contributed by atoms with Gasteiger partial charge in [-0.05, 0) is 49.7 Å². The Kier molecular flexibility index (Phi) is 5.81. The van der Waals surface area contributed by atoms with E-state index in [0.29, 0.717) is 12.3 Å². The van der Waals surface area contributed by atoms with Crippen LogP contribution in [0, 0.1) is 13.8 Å². The number of nitrogens with zero attached hydrogens (tertiary/aromatic N) is 2. The lowest BCUT2D eigenvalue weighted by molar-refractivity contribution is 0.354. The van der Waals surface area contributed by atoms with Crippen molar-refractivity contribution in [3.8, 4) is 17.2 Å². The highest BCUT2D eigenvalue weighted by Crippen LogP contribution is 2.27. The summed E-state index contributed by atoms with van der Waals surface area (Å²) in [6.07, 6.45) is 1.86. The number of benzene rings is 2. The highest BCUT2D eigenvalue weighted by atomic mass is 16.5. The van der Waals surface area contributed by atoms with Crippen LogP contribution in [0.3, 0.4) is 0 Å². The van der Waals surface area contributed by atoms with Crippen LogP contribution in [0.15, 0.2) is 59.7 Å². The lowest BCUT2D eigenvalue weighted by atomic mass is 10.2. The Morgan fingerprint density at radius 2 is 1.70 bits per heavy atom. The van der Waals surface area contributed by atoms with Crippen molar-refractivity contribution in [3.05, 3.63) is 77.1 Å². The summed E-state index contributed by atoms with van der Waals surface area (Å²) in [5, 5.41) is 4.38. The molecule has 0 fully saturated rings. The predicted octanol–water partition coefficient (Wildman–Crippen LogP) is 4.24. The zero-order valence-electron chi connectivity index (χ0n) is 16.2. The molecule has 0 saturated heterocycles. The number of aromatic nitrogens is 1. The number of ether oxygens (including phenoxy) is 2. The van der Waals surface area contributed by atoms with Crippen molar-refractivity contribution in [2.45, 2.75) is 20.4 Å². The minimum absolute atomic E-state index is 0.605. The number of hydrazone groups is 1. The van der Waals surface area contributed by atoms with Gasteiger partial charge in [0, 0.05) is 22.6 Å². The molecule has 0 amide bonds. The lowest BCUT2D eigenvalue weighted by Crippen LogP contribution is -2.06. The standard InChI is InChI=1S/C22H25N3O2/c1-16-12-19(17(2)25(16)20-8-6-5-7-9-20)15-24-23-14-18-10-11-21(26-3)22(13-18)27-4/h5-13,15,23H,14H2,1-4H3/b24-15-. The van der Waals surface area contributed by atoms with Crippen LogP contribution in [-0.4, -0.2) is 25.0 Å². The molecule has 0 saturated carbocycles. The lowest BCUT2D eigenvalue weighted by Gasteiger charge is -2.09. The summed E-state index contributed by atoms with van der Waals surface area (Å²) in [5.74, 6) is 1.44. The van der Waals surface area contributed by atoms with Crippen molar-refractivity contribution in [1.82, 2.24) is 9.99 Å². The van der Waals surface area contributed by atoms with Crippen LogP contribution in [0.25, 0.3) is 5.69 Å². The minimum Gasteiger partial charge on any atom is -0.493 e. The van der Waals surface area contributed by atoms with Gasteiger partial charge < -0.3 is 19.5 Å². The maximum absolute atomic E-state index is 5.33. The molecule has 0 spiro atoms. The zero-order chi connectivity index (χ0) is 19.2.